The molecule has 90 valence electrons. The zero-order chi connectivity index (χ0) is 11.9. The molecule has 2 saturated heterocycles. The third kappa shape index (κ3) is 1.60. The van der Waals surface area contributed by atoms with Crippen LogP contribution in [0.1, 0.15) is 12.0 Å². The van der Waals surface area contributed by atoms with Crippen LogP contribution in [0.25, 0.3) is 0 Å². The van der Waals surface area contributed by atoms with Gasteiger partial charge in [0.15, 0.2) is 0 Å². The highest BCUT2D eigenvalue weighted by atomic mass is 16.6. The van der Waals surface area contributed by atoms with Crippen molar-refractivity contribution in [1.29, 1.82) is 0 Å². The Morgan fingerprint density at radius 3 is 2.88 bits per heavy atom. The van der Waals surface area contributed by atoms with Crippen molar-refractivity contribution in [3.63, 3.8) is 0 Å². The number of piperidine rings is 1. The molecule has 0 saturated carbocycles. The summed E-state index contributed by atoms with van der Waals surface area (Å²) in [5.41, 5.74) is 1.07. The monoisotopic (exact) mass is 233 g/mol. The van der Waals surface area contributed by atoms with Crippen LogP contribution in [0.2, 0.25) is 0 Å². The largest absolute Gasteiger partial charge is 0.453 e. The molecule has 2 atom stereocenters. The third-order valence-electron chi connectivity index (χ3n) is 3.65. The van der Waals surface area contributed by atoms with Crippen LogP contribution in [0, 0.1) is 0 Å². The van der Waals surface area contributed by atoms with Gasteiger partial charge in [-0.1, -0.05) is 30.3 Å². The number of fused-ring (bicyclic) bond motifs is 1. The summed E-state index contributed by atoms with van der Waals surface area (Å²) < 4.78 is 10.6. The molecular weight excluding hydrogens is 218 g/mol. The number of amides is 1. The number of nitrogens with zero attached hydrogens (tertiary/aromatic N) is 1. The number of ether oxygens (including phenoxy) is 2. The SMILES string of the molecule is COC(=O)N1CCC2(c3ccccc3)OC2C1. The lowest BCUT2D eigenvalue weighted by atomic mass is 9.89. The number of methoxy groups -OCH3 is 1. The summed E-state index contributed by atoms with van der Waals surface area (Å²) in [6.45, 7) is 1.32. The molecule has 0 aliphatic carbocycles. The number of hydrogen-bond donors (Lipinski definition) is 0. The Kier molecular flexibility index (Phi) is 2.33. The van der Waals surface area contributed by atoms with Crippen molar-refractivity contribution >= 4 is 6.09 Å². The molecule has 17 heavy (non-hydrogen) atoms. The number of benzene rings is 1. The minimum Gasteiger partial charge on any atom is -0.453 e. The molecule has 3 rings (SSSR count). The van der Waals surface area contributed by atoms with E-state index in [1.807, 2.05) is 18.2 Å². The van der Waals surface area contributed by atoms with Gasteiger partial charge in [-0.2, -0.15) is 0 Å². The van der Waals surface area contributed by atoms with E-state index in [1.54, 1.807) is 4.90 Å². The van der Waals surface area contributed by atoms with E-state index in [1.165, 1.54) is 12.7 Å². The lowest BCUT2D eigenvalue weighted by molar-refractivity contribution is 0.115. The molecule has 4 heteroatoms. The Morgan fingerprint density at radius 2 is 2.24 bits per heavy atom. The number of epoxide rings is 1. The number of likely N-dealkylation sites (tertiary alicyclic amines) is 1. The van der Waals surface area contributed by atoms with Gasteiger partial charge in [-0.15, -0.1) is 0 Å². The van der Waals surface area contributed by atoms with E-state index in [9.17, 15) is 4.79 Å². The van der Waals surface area contributed by atoms with Gasteiger partial charge in [0, 0.05) is 13.0 Å². The van der Waals surface area contributed by atoms with Crippen LogP contribution in [0.3, 0.4) is 0 Å². The highest BCUT2D eigenvalue weighted by Crippen LogP contribution is 2.51. The zero-order valence-electron chi connectivity index (χ0n) is 9.76. The molecule has 2 heterocycles. The predicted octanol–water partition coefficient (Wildman–Crippen LogP) is 1.75. The molecule has 2 unspecified atom stereocenters. The van der Waals surface area contributed by atoms with Crippen molar-refractivity contribution in [1.82, 2.24) is 4.90 Å². The summed E-state index contributed by atoms with van der Waals surface area (Å²) >= 11 is 0. The number of rotatable bonds is 1. The molecular formula is C13H15NO3. The van der Waals surface area contributed by atoms with Gasteiger partial charge < -0.3 is 14.4 Å². The second kappa shape index (κ2) is 3.74. The molecule has 0 spiro atoms. The molecule has 0 N–H and O–H groups in total. The highest BCUT2D eigenvalue weighted by molar-refractivity contribution is 5.67. The number of carbonyl (C=O) groups is 1. The molecule has 2 aliphatic rings. The Balaban J connectivity index is 1.74. The first kappa shape index (κ1) is 10.6. The standard InChI is InChI=1S/C13H15NO3/c1-16-12(15)14-8-7-13(11(9-14)17-13)10-5-3-2-4-6-10/h2-6,11H,7-9H2,1H3. The van der Waals surface area contributed by atoms with E-state index in [2.05, 4.69) is 12.1 Å². The van der Waals surface area contributed by atoms with Gasteiger partial charge >= 0.3 is 6.09 Å². The second-order valence-electron chi connectivity index (χ2n) is 4.53. The van der Waals surface area contributed by atoms with Crippen LogP contribution in [-0.4, -0.2) is 37.3 Å². The fourth-order valence-corrected chi connectivity index (χ4v) is 2.63. The molecule has 1 amide bonds. The van der Waals surface area contributed by atoms with E-state index in [0.29, 0.717) is 13.1 Å². The van der Waals surface area contributed by atoms with E-state index in [0.717, 1.165) is 6.42 Å². The quantitative estimate of drug-likeness (QED) is 0.694. The number of carbonyl (C=O) groups excluding carboxylic acids is 1. The van der Waals surface area contributed by atoms with Crippen molar-refractivity contribution < 1.29 is 14.3 Å². The lowest BCUT2D eigenvalue weighted by Gasteiger charge is -2.27. The smallest absolute Gasteiger partial charge is 0.409 e. The van der Waals surface area contributed by atoms with Gasteiger partial charge in [0.1, 0.15) is 11.7 Å². The van der Waals surface area contributed by atoms with Gasteiger partial charge in [-0.05, 0) is 5.56 Å². The van der Waals surface area contributed by atoms with Crippen molar-refractivity contribution in [3.05, 3.63) is 35.9 Å². The second-order valence-corrected chi connectivity index (χ2v) is 4.53. The Hall–Kier alpha value is -1.55. The van der Waals surface area contributed by atoms with E-state index in [-0.39, 0.29) is 17.8 Å². The molecule has 2 aliphatic heterocycles. The van der Waals surface area contributed by atoms with Crippen LogP contribution in [-0.2, 0) is 15.1 Å². The summed E-state index contributed by atoms with van der Waals surface area (Å²) in [5, 5.41) is 0. The normalized spacial score (nSPS) is 30.6. The average molecular weight is 233 g/mol. The average Bonchev–Trinajstić information content (AvgIpc) is 3.13. The Labute approximate surface area is 100 Å². The molecule has 4 nitrogen and oxygen atoms in total. The first-order valence-corrected chi connectivity index (χ1v) is 5.82. The maximum Gasteiger partial charge on any atom is 0.409 e. The molecule has 0 aromatic heterocycles. The third-order valence-corrected chi connectivity index (χ3v) is 3.65. The summed E-state index contributed by atoms with van der Waals surface area (Å²) in [4.78, 5) is 13.1. The molecule has 0 radical (unpaired) electrons. The van der Waals surface area contributed by atoms with Crippen molar-refractivity contribution in [3.8, 4) is 0 Å². The molecule has 1 aromatic carbocycles. The van der Waals surface area contributed by atoms with E-state index < -0.39 is 0 Å². The van der Waals surface area contributed by atoms with Gasteiger partial charge in [-0.25, -0.2) is 4.79 Å². The highest BCUT2D eigenvalue weighted by Gasteiger charge is 2.60. The van der Waals surface area contributed by atoms with Gasteiger partial charge in [0.2, 0.25) is 0 Å². The van der Waals surface area contributed by atoms with E-state index in [4.69, 9.17) is 9.47 Å². The van der Waals surface area contributed by atoms with Crippen molar-refractivity contribution in [2.75, 3.05) is 20.2 Å². The van der Waals surface area contributed by atoms with Gasteiger partial charge in [0.05, 0.1) is 13.7 Å². The number of hydrogen-bond acceptors (Lipinski definition) is 3. The fourth-order valence-electron chi connectivity index (χ4n) is 2.63. The minimum atomic E-state index is -0.262. The first-order chi connectivity index (χ1) is 8.26. The molecule has 1 aromatic rings. The van der Waals surface area contributed by atoms with Crippen LogP contribution >= 0.6 is 0 Å². The van der Waals surface area contributed by atoms with Crippen LogP contribution in [0.4, 0.5) is 4.79 Å². The first-order valence-electron chi connectivity index (χ1n) is 5.82. The minimum absolute atomic E-state index is 0.123. The van der Waals surface area contributed by atoms with E-state index >= 15 is 0 Å². The summed E-state index contributed by atoms with van der Waals surface area (Å²) in [6, 6.07) is 10.2. The lowest BCUT2D eigenvalue weighted by Crippen LogP contribution is -2.42. The van der Waals surface area contributed by atoms with Gasteiger partial charge in [0.25, 0.3) is 0 Å². The van der Waals surface area contributed by atoms with Crippen LogP contribution in [0.5, 0.6) is 0 Å². The summed E-state index contributed by atoms with van der Waals surface area (Å²) in [5.74, 6) is 0. The maximum atomic E-state index is 11.4. The van der Waals surface area contributed by atoms with Crippen LogP contribution < -0.4 is 0 Å². The topological polar surface area (TPSA) is 42.1 Å². The van der Waals surface area contributed by atoms with Crippen LogP contribution in [0.15, 0.2) is 30.3 Å². The Bertz CT molecular complexity index is 434. The predicted molar refractivity (Wildman–Crippen MR) is 61.6 cm³/mol. The zero-order valence-corrected chi connectivity index (χ0v) is 9.76. The van der Waals surface area contributed by atoms with Gasteiger partial charge in [-0.3, -0.25) is 0 Å². The van der Waals surface area contributed by atoms with Crippen molar-refractivity contribution in [2.45, 2.75) is 18.1 Å². The molecule has 2 fully saturated rings. The summed E-state index contributed by atoms with van der Waals surface area (Å²) in [7, 11) is 1.41. The Morgan fingerprint density at radius 1 is 1.47 bits per heavy atom. The molecule has 0 bridgehead atoms. The van der Waals surface area contributed by atoms with Crippen molar-refractivity contribution in [2.24, 2.45) is 0 Å². The summed E-state index contributed by atoms with van der Waals surface area (Å²) in [6.07, 6.45) is 0.705. The fraction of sp³-hybridized carbons (Fsp3) is 0.462. The maximum absolute atomic E-state index is 11.4.